The summed E-state index contributed by atoms with van der Waals surface area (Å²) in [6, 6.07) is 17.0. The van der Waals surface area contributed by atoms with Crippen LogP contribution in [0.4, 0.5) is 16.2 Å². The first-order valence-electron chi connectivity index (χ1n) is 8.58. The Labute approximate surface area is 167 Å². The number of hydrogen-bond acceptors (Lipinski definition) is 4. The Hall–Kier alpha value is -2.37. The summed E-state index contributed by atoms with van der Waals surface area (Å²) in [6.07, 6.45) is -0.540. The topological polar surface area (TPSA) is 54.7 Å². The van der Waals surface area contributed by atoms with Crippen LogP contribution in [0.15, 0.2) is 59.0 Å². The van der Waals surface area contributed by atoms with Crippen LogP contribution in [-0.4, -0.2) is 30.9 Å². The molecule has 0 aliphatic rings. The van der Waals surface area contributed by atoms with Gasteiger partial charge in [-0.3, -0.25) is 5.32 Å². The average Bonchev–Trinajstić information content (AvgIpc) is 3.10. The van der Waals surface area contributed by atoms with Crippen LogP contribution in [0.5, 0.6) is 0 Å². The number of alkyl halides is 2. The van der Waals surface area contributed by atoms with Crippen LogP contribution in [-0.2, 0) is 11.3 Å². The zero-order valence-corrected chi connectivity index (χ0v) is 16.2. The van der Waals surface area contributed by atoms with Crippen molar-refractivity contribution in [2.45, 2.75) is 6.61 Å². The summed E-state index contributed by atoms with van der Waals surface area (Å²) in [5.74, 6) is 1.63. The predicted octanol–water partition coefficient (Wildman–Crippen LogP) is 5.47. The van der Waals surface area contributed by atoms with Gasteiger partial charge >= 0.3 is 6.09 Å². The highest BCUT2D eigenvalue weighted by Crippen LogP contribution is 2.20. The second-order valence-electron chi connectivity index (χ2n) is 5.86. The Kier molecular flexibility index (Phi) is 6.85. The van der Waals surface area contributed by atoms with Crippen LogP contribution in [0.3, 0.4) is 0 Å². The van der Waals surface area contributed by atoms with Crippen molar-refractivity contribution in [2.75, 3.05) is 35.1 Å². The van der Waals surface area contributed by atoms with Crippen molar-refractivity contribution >= 4 is 51.6 Å². The number of para-hydroxylation sites is 1. The number of nitrogens with zero attached hydrogens (tertiary/aromatic N) is 1. The predicted molar refractivity (Wildman–Crippen MR) is 110 cm³/mol. The zero-order chi connectivity index (χ0) is 19.1. The molecule has 0 atom stereocenters. The second-order valence-corrected chi connectivity index (χ2v) is 6.62. The maximum Gasteiger partial charge on any atom is 0.412 e. The number of ether oxygens (including phenoxy) is 1. The molecule has 5 nitrogen and oxygen atoms in total. The lowest BCUT2D eigenvalue weighted by atomic mass is 10.2. The summed E-state index contributed by atoms with van der Waals surface area (Å²) in [7, 11) is 0. The Bertz CT molecular complexity index is 841. The minimum absolute atomic E-state index is 0.0673. The Morgan fingerprint density at radius 1 is 1.04 bits per heavy atom. The van der Waals surface area contributed by atoms with Gasteiger partial charge in [0.05, 0.1) is 0 Å². The van der Waals surface area contributed by atoms with E-state index in [2.05, 4.69) is 10.2 Å². The Morgan fingerprint density at radius 3 is 2.41 bits per heavy atom. The number of amides is 1. The van der Waals surface area contributed by atoms with Crippen LogP contribution in [0.2, 0.25) is 0 Å². The quantitative estimate of drug-likeness (QED) is 0.504. The molecular weight excluding hydrogens is 387 g/mol. The molecule has 0 aliphatic heterocycles. The van der Waals surface area contributed by atoms with Gasteiger partial charge in [-0.2, -0.15) is 0 Å². The number of furan rings is 1. The van der Waals surface area contributed by atoms with E-state index in [0.717, 1.165) is 16.7 Å². The maximum atomic E-state index is 12.0. The highest BCUT2D eigenvalue weighted by molar-refractivity contribution is 6.18. The van der Waals surface area contributed by atoms with Gasteiger partial charge in [-0.15, -0.1) is 23.2 Å². The molecule has 7 heteroatoms. The van der Waals surface area contributed by atoms with Gasteiger partial charge in [0, 0.05) is 41.6 Å². The number of rotatable bonds is 8. The minimum Gasteiger partial charge on any atom is -0.457 e. The first kappa shape index (κ1) is 19.4. The maximum absolute atomic E-state index is 12.0. The fraction of sp³-hybridized carbons (Fsp3) is 0.250. The molecule has 1 amide bonds. The average molecular weight is 407 g/mol. The van der Waals surface area contributed by atoms with E-state index in [1.165, 1.54) is 0 Å². The Balaban J connectivity index is 1.54. The van der Waals surface area contributed by atoms with E-state index in [1.54, 1.807) is 0 Å². The second kappa shape index (κ2) is 9.53. The van der Waals surface area contributed by atoms with Crippen molar-refractivity contribution in [2.24, 2.45) is 0 Å². The largest absolute Gasteiger partial charge is 0.457 e. The standard InChI is InChI=1S/C20H20Cl2N2O3/c21-9-11-24(12-10-22)17-7-5-16(6-8-17)23-20(25)26-14-18-13-15-3-1-2-4-19(15)27-18/h1-8,13H,9-12,14H2,(H,23,25). The normalized spacial score (nSPS) is 10.7. The molecule has 0 spiro atoms. The lowest BCUT2D eigenvalue weighted by Gasteiger charge is -2.23. The van der Waals surface area contributed by atoms with Gasteiger partial charge in [0.1, 0.15) is 11.3 Å². The van der Waals surface area contributed by atoms with Gasteiger partial charge in [0.25, 0.3) is 0 Å². The van der Waals surface area contributed by atoms with Crippen LogP contribution >= 0.6 is 23.2 Å². The number of fused-ring (bicyclic) bond motifs is 1. The van der Waals surface area contributed by atoms with E-state index >= 15 is 0 Å². The van der Waals surface area contributed by atoms with Crippen LogP contribution < -0.4 is 10.2 Å². The van der Waals surface area contributed by atoms with Gasteiger partial charge in [0.15, 0.2) is 6.61 Å². The summed E-state index contributed by atoms with van der Waals surface area (Å²) in [5, 5.41) is 3.68. The van der Waals surface area contributed by atoms with Gasteiger partial charge < -0.3 is 14.1 Å². The molecule has 0 saturated heterocycles. The number of anilines is 2. The van der Waals surface area contributed by atoms with Crippen LogP contribution in [0, 0.1) is 0 Å². The van der Waals surface area contributed by atoms with E-state index in [0.29, 0.717) is 36.3 Å². The molecule has 27 heavy (non-hydrogen) atoms. The third-order valence-electron chi connectivity index (χ3n) is 4.01. The highest BCUT2D eigenvalue weighted by Gasteiger charge is 2.09. The third kappa shape index (κ3) is 5.31. The molecule has 1 aromatic heterocycles. The molecule has 0 aliphatic carbocycles. The molecule has 0 saturated carbocycles. The highest BCUT2D eigenvalue weighted by atomic mass is 35.5. The van der Waals surface area contributed by atoms with E-state index in [4.69, 9.17) is 32.4 Å². The molecule has 0 bridgehead atoms. The van der Waals surface area contributed by atoms with Crippen molar-refractivity contribution in [1.82, 2.24) is 0 Å². The molecule has 142 valence electrons. The minimum atomic E-state index is -0.540. The van der Waals surface area contributed by atoms with Crippen molar-refractivity contribution in [3.63, 3.8) is 0 Å². The summed E-state index contributed by atoms with van der Waals surface area (Å²) in [4.78, 5) is 14.1. The van der Waals surface area contributed by atoms with E-state index in [1.807, 2.05) is 54.6 Å². The molecule has 0 fully saturated rings. The molecule has 2 aromatic carbocycles. The molecule has 1 N–H and O–H groups in total. The summed E-state index contributed by atoms with van der Waals surface area (Å²) in [5.41, 5.74) is 2.41. The SMILES string of the molecule is O=C(Nc1ccc(N(CCCl)CCCl)cc1)OCc1cc2ccccc2o1. The first-order valence-corrected chi connectivity index (χ1v) is 9.64. The number of carbonyl (C=O) groups is 1. The summed E-state index contributed by atoms with van der Waals surface area (Å²) < 4.78 is 10.9. The van der Waals surface area contributed by atoms with Gasteiger partial charge in [-0.05, 0) is 36.4 Å². The van der Waals surface area contributed by atoms with E-state index < -0.39 is 6.09 Å². The molecular formula is C20H20Cl2N2O3. The van der Waals surface area contributed by atoms with Gasteiger partial charge in [0.2, 0.25) is 0 Å². The van der Waals surface area contributed by atoms with Crippen molar-refractivity contribution < 1.29 is 13.9 Å². The number of hydrogen-bond donors (Lipinski definition) is 1. The molecule has 3 rings (SSSR count). The zero-order valence-electron chi connectivity index (χ0n) is 14.7. The third-order valence-corrected chi connectivity index (χ3v) is 4.35. The van der Waals surface area contributed by atoms with Crippen molar-refractivity contribution in [3.05, 3.63) is 60.4 Å². The van der Waals surface area contributed by atoms with Crippen molar-refractivity contribution in [1.29, 1.82) is 0 Å². The number of nitrogens with one attached hydrogen (secondary N) is 1. The monoisotopic (exact) mass is 406 g/mol. The molecule has 0 unspecified atom stereocenters. The number of halogens is 2. The fourth-order valence-corrected chi connectivity index (χ4v) is 3.14. The van der Waals surface area contributed by atoms with Gasteiger partial charge in [-0.1, -0.05) is 18.2 Å². The lowest BCUT2D eigenvalue weighted by molar-refractivity contribution is 0.147. The smallest absolute Gasteiger partial charge is 0.412 e. The number of carbonyl (C=O) groups excluding carboxylic acids is 1. The van der Waals surface area contributed by atoms with E-state index in [9.17, 15) is 4.79 Å². The fourth-order valence-electron chi connectivity index (χ4n) is 2.73. The molecule has 0 radical (unpaired) electrons. The summed E-state index contributed by atoms with van der Waals surface area (Å²) in [6.45, 7) is 1.49. The lowest BCUT2D eigenvalue weighted by Crippen LogP contribution is -2.27. The van der Waals surface area contributed by atoms with Crippen LogP contribution in [0.25, 0.3) is 11.0 Å². The molecule has 3 aromatic rings. The van der Waals surface area contributed by atoms with Gasteiger partial charge in [-0.25, -0.2) is 4.79 Å². The number of benzene rings is 2. The van der Waals surface area contributed by atoms with Crippen LogP contribution in [0.1, 0.15) is 5.76 Å². The van der Waals surface area contributed by atoms with Crippen molar-refractivity contribution in [3.8, 4) is 0 Å². The Morgan fingerprint density at radius 2 is 1.74 bits per heavy atom. The summed E-state index contributed by atoms with van der Waals surface area (Å²) >= 11 is 11.7. The molecule has 1 heterocycles. The first-order chi connectivity index (χ1) is 13.2. The van der Waals surface area contributed by atoms with E-state index in [-0.39, 0.29) is 6.61 Å².